The van der Waals surface area contributed by atoms with Crippen molar-refractivity contribution in [2.24, 2.45) is 4.99 Å². The van der Waals surface area contributed by atoms with Gasteiger partial charge in [-0.25, -0.2) is 0 Å². The second kappa shape index (κ2) is 11.0. The molecule has 0 bridgehead atoms. The summed E-state index contributed by atoms with van der Waals surface area (Å²) in [7, 11) is 0. The molecule has 5 heteroatoms. The van der Waals surface area contributed by atoms with Crippen molar-refractivity contribution in [3.63, 3.8) is 0 Å². The maximum absolute atomic E-state index is 6.74. The predicted octanol–water partition coefficient (Wildman–Crippen LogP) is 11.2. The van der Waals surface area contributed by atoms with Gasteiger partial charge in [0.2, 0.25) is 0 Å². The smallest absolute Gasteiger partial charge is 0.154 e. The molecule has 242 valence electrons. The number of hydrogen-bond donors (Lipinski definition) is 1. The van der Waals surface area contributed by atoms with Gasteiger partial charge in [0, 0.05) is 38.9 Å². The zero-order valence-corrected chi connectivity index (χ0v) is 27.7. The summed E-state index contributed by atoms with van der Waals surface area (Å²) < 4.78 is 11.5. The average Bonchev–Trinajstić information content (AvgIpc) is 3.72. The number of hydrogen-bond acceptors (Lipinski definition) is 3. The van der Waals surface area contributed by atoms with Crippen LogP contribution in [0.5, 0.6) is 11.5 Å². The highest BCUT2D eigenvalue weighted by molar-refractivity contribution is 6.30. The second-order valence-electron chi connectivity index (χ2n) is 13.6. The normalized spacial score (nSPS) is 16.6. The average molecular weight is 657 g/mol. The summed E-state index contributed by atoms with van der Waals surface area (Å²) in [6.07, 6.45) is 0.888. The van der Waals surface area contributed by atoms with Crippen LogP contribution < -0.4 is 10.1 Å². The van der Waals surface area contributed by atoms with Gasteiger partial charge in [-0.1, -0.05) is 121 Å². The Morgan fingerprint density at radius 1 is 0.549 bits per heavy atom. The first-order chi connectivity index (χ1) is 25.3. The minimum Gasteiger partial charge on any atom is -0.453 e. The van der Waals surface area contributed by atoms with Gasteiger partial charge < -0.3 is 19.2 Å². The standard InChI is InChI=1S/C46H32N4O/c1-3-14-29(15-4-1)35-27-36(30-16-5-2-6-17-30)48-46(47-35)31-18-13-19-32(26-31)49-37-22-9-7-20-33(37)43-40(49)28-42-45-44(43)34-21-8-10-23-38(34)50(45)39-24-11-12-25-41(39)51-42/h1-26,28,35-36H,27H2,(H,47,48). The van der Waals surface area contributed by atoms with Crippen molar-refractivity contribution in [3.8, 4) is 22.9 Å². The molecule has 5 nitrogen and oxygen atoms in total. The van der Waals surface area contributed by atoms with Gasteiger partial charge in [0.05, 0.1) is 39.8 Å². The number of aliphatic imine (C=N–C) groups is 1. The molecule has 7 aromatic carbocycles. The Morgan fingerprint density at radius 2 is 1.22 bits per heavy atom. The van der Waals surface area contributed by atoms with E-state index in [0.29, 0.717) is 0 Å². The molecular weight excluding hydrogens is 625 g/mol. The summed E-state index contributed by atoms with van der Waals surface area (Å²) in [5.41, 5.74) is 10.3. The topological polar surface area (TPSA) is 43.5 Å². The zero-order chi connectivity index (χ0) is 33.5. The molecular formula is C46H32N4O. The molecule has 0 saturated carbocycles. The van der Waals surface area contributed by atoms with Crippen molar-refractivity contribution in [1.82, 2.24) is 14.5 Å². The molecule has 0 aliphatic carbocycles. The van der Waals surface area contributed by atoms with Crippen molar-refractivity contribution in [3.05, 3.63) is 180 Å². The molecule has 0 amide bonds. The van der Waals surface area contributed by atoms with Gasteiger partial charge in [-0.2, -0.15) is 0 Å². The van der Waals surface area contributed by atoms with Crippen LogP contribution in [0.4, 0.5) is 0 Å². The highest BCUT2D eigenvalue weighted by Crippen LogP contribution is 2.50. The Balaban J connectivity index is 1.14. The molecule has 2 atom stereocenters. The molecule has 9 aromatic rings. The quantitative estimate of drug-likeness (QED) is 0.205. The van der Waals surface area contributed by atoms with E-state index in [1.54, 1.807) is 0 Å². The van der Waals surface area contributed by atoms with Crippen LogP contribution in [0.25, 0.3) is 55.0 Å². The summed E-state index contributed by atoms with van der Waals surface area (Å²) in [4.78, 5) is 5.35. The van der Waals surface area contributed by atoms with E-state index in [0.717, 1.165) is 57.2 Å². The van der Waals surface area contributed by atoms with E-state index in [-0.39, 0.29) is 12.1 Å². The Kier molecular flexibility index (Phi) is 6.07. The zero-order valence-electron chi connectivity index (χ0n) is 27.7. The van der Waals surface area contributed by atoms with Crippen molar-refractivity contribution in [2.75, 3.05) is 0 Å². The lowest BCUT2D eigenvalue weighted by Gasteiger charge is -2.31. The lowest BCUT2D eigenvalue weighted by molar-refractivity contribution is 0.477. The lowest BCUT2D eigenvalue weighted by Crippen LogP contribution is -2.35. The van der Waals surface area contributed by atoms with E-state index in [1.807, 2.05) is 6.07 Å². The second-order valence-corrected chi connectivity index (χ2v) is 13.6. The van der Waals surface area contributed by atoms with Crippen LogP contribution >= 0.6 is 0 Å². The van der Waals surface area contributed by atoms with E-state index >= 15 is 0 Å². The molecule has 11 rings (SSSR count). The van der Waals surface area contributed by atoms with Crippen LogP contribution in [0, 0.1) is 0 Å². The number of para-hydroxylation sites is 4. The molecule has 0 fully saturated rings. The van der Waals surface area contributed by atoms with Crippen LogP contribution in [0.15, 0.2) is 169 Å². The number of nitrogens with one attached hydrogen (secondary N) is 1. The lowest BCUT2D eigenvalue weighted by atomic mass is 9.92. The number of nitrogens with zero attached hydrogens (tertiary/aromatic N) is 3. The summed E-state index contributed by atoms with van der Waals surface area (Å²) in [6, 6.07) is 58.5. The molecule has 0 radical (unpaired) electrons. The van der Waals surface area contributed by atoms with Gasteiger partial charge in [0.1, 0.15) is 5.84 Å². The minimum absolute atomic E-state index is 0.0447. The van der Waals surface area contributed by atoms with Gasteiger partial charge in [-0.15, -0.1) is 0 Å². The van der Waals surface area contributed by atoms with Gasteiger partial charge >= 0.3 is 0 Å². The molecule has 2 unspecified atom stereocenters. The van der Waals surface area contributed by atoms with Gasteiger partial charge in [0.15, 0.2) is 11.5 Å². The Bertz CT molecular complexity index is 2850. The molecule has 51 heavy (non-hydrogen) atoms. The van der Waals surface area contributed by atoms with Crippen molar-refractivity contribution < 1.29 is 4.74 Å². The monoisotopic (exact) mass is 656 g/mol. The first-order valence-electron chi connectivity index (χ1n) is 17.6. The Hall–Kier alpha value is -6.59. The summed E-state index contributed by atoms with van der Waals surface area (Å²) in [6.45, 7) is 0. The van der Waals surface area contributed by atoms with E-state index in [1.165, 1.54) is 38.2 Å². The third-order valence-corrected chi connectivity index (χ3v) is 10.7. The maximum atomic E-state index is 6.74. The van der Waals surface area contributed by atoms with Gasteiger partial charge in [-0.3, -0.25) is 4.99 Å². The van der Waals surface area contributed by atoms with Crippen molar-refractivity contribution in [1.29, 1.82) is 0 Å². The van der Waals surface area contributed by atoms with Crippen LogP contribution in [-0.4, -0.2) is 15.0 Å². The number of ether oxygens (including phenoxy) is 1. The molecule has 2 aliphatic rings. The van der Waals surface area contributed by atoms with Crippen molar-refractivity contribution >= 4 is 49.4 Å². The van der Waals surface area contributed by atoms with Crippen LogP contribution in [-0.2, 0) is 0 Å². The van der Waals surface area contributed by atoms with Crippen LogP contribution in [0.1, 0.15) is 35.2 Å². The Labute approximate surface area is 294 Å². The van der Waals surface area contributed by atoms with Crippen LogP contribution in [0.2, 0.25) is 0 Å². The highest BCUT2D eigenvalue weighted by atomic mass is 16.5. The Morgan fingerprint density at radius 3 is 2.02 bits per heavy atom. The summed E-state index contributed by atoms with van der Waals surface area (Å²) in [5, 5.41) is 8.71. The summed E-state index contributed by atoms with van der Waals surface area (Å²) >= 11 is 0. The first-order valence-corrected chi connectivity index (χ1v) is 17.6. The number of amidine groups is 1. The van der Waals surface area contributed by atoms with E-state index in [2.05, 4.69) is 172 Å². The van der Waals surface area contributed by atoms with Gasteiger partial charge in [0.25, 0.3) is 0 Å². The molecule has 4 heterocycles. The van der Waals surface area contributed by atoms with Gasteiger partial charge in [-0.05, 0) is 53.9 Å². The predicted molar refractivity (Wildman–Crippen MR) is 208 cm³/mol. The summed E-state index contributed by atoms with van der Waals surface area (Å²) in [5.74, 6) is 2.63. The largest absolute Gasteiger partial charge is 0.453 e. The SMILES string of the molecule is c1ccc(C2CC(c3ccccc3)NC(c3cccc(-n4c5ccccc5c5c6c7ccccc7n7c6c(cc54)Oc4ccccc4-7)c3)=N2)cc1. The molecule has 0 saturated heterocycles. The van der Waals surface area contributed by atoms with Crippen LogP contribution in [0.3, 0.4) is 0 Å². The van der Waals surface area contributed by atoms with Crippen molar-refractivity contribution in [2.45, 2.75) is 18.5 Å². The highest BCUT2D eigenvalue weighted by Gasteiger charge is 2.29. The number of rotatable bonds is 4. The fourth-order valence-corrected chi connectivity index (χ4v) is 8.46. The number of fused-ring (bicyclic) bond motifs is 9. The first kappa shape index (κ1) is 28.3. The molecule has 2 aliphatic heterocycles. The molecule has 2 aromatic heterocycles. The number of benzene rings is 7. The van der Waals surface area contributed by atoms with E-state index in [9.17, 15) is 0 Å². The molecule has 0 spiro atoms. The molecule has 1 N–H and O–H groups in total. The number of aromatic nitrogens is 2. The van der Waals surface area contributed by atoms with E-state index < -0.39 is 0 Å². The maximum Gasteiger partial charge on any atom is 0.154 e. The fraction of sp³-hybridized carbons (Fsp3) is 0.0652. The third-order valence-electron chi connectivity index (χ3n) is 10.7. The minimum atomic E-state index is 0.0447. The fourth-order valence-electron chi connectivity index (χ4n) is 8.46. The van der Waals surface area contributed by atoms with E-state index in [4.69, 9.17) is 9.73 Å². The third kappa shape index (κ3) is 4.25.